The van der Waals surface area contributed by atoms with Gasteiger partial charge in [0.1, 0.15) is 5.39 Å². The molecule has 2 aromatic carbocycles. The molecular weight excluding hydrogens is 410 g/mol. The van der Waals surface area contributed by atoms with Gasteiger partial charge in [-0.05, 0) is 31.2 Å². The summed E-state index contributed by atoms with van der Waals surface area (Å²) in [6.07, 6.45) is 3.05. The van der Waals surface area contributed by atoms with Gasteiger partial charge in [0.25, 0.3) is 5.56 Å². The highest BCUT2D eigenvalue weighted by atomic mass is 16.5. The predicted molar refractivity (Wildman–Crippen MR) is 121 cm³/mol. The zero-order valence-corrected chi connectivity index (χ0v) is 18.0. The Hall–Kier alpha value is -4.14. The second-order valence-electron chi connectivity index (χ2n) is 7.24. The Balaban J connectivity index is 1.48. The van der Waals surface area contributed by atoms with E-state index in [4.69, 9.17) is 9.47 Å². The van der Waals surface area contributed by atoms with Crippen LogP contribution >= 0.6 is 0 Å². The largest absolute Gasteiger partial charge is 0.493 e. The number of aryl methyl sites for hydroxylation is 2. The van der Waals surface area contributed by atoms with Crippen LogP contribution in [0.25, 0.3) is 16.7 Å². The molecular formula is C23H23N5O4. The summed E-state index contributed by atoms with van der Waals surface area (Å²) >= 11 is 0. The Labute approximate surface area is 184 Å². The third kappa shape index (κ3) is 4.18. The van der Waals surface area contributed by atoms with Crippen LogP contribution in [-0.2, 0) is 11.3 Å². The Bertz CT molecular complexity index is 1320. The normalized spacial score (nSPS) is 10.8. The minimum Gasteiger partial charge on any atom is -0.493 e. The lowest BCUT2D eigenvalue weighted by atomic mass is 10.2. The zero-order chi connectivity index (χ0) is 22.7. The van der Waals surface area contributed by atoms with Crippen molar-refractivity contribution in [3.63, 3.8) is 0 Å². The molecule has 32 heavy (non-hydrogen) atoms. The van der Waals surface area contributed by atoms with E-state index in [-0.39, 0.29) is 24.4 Å². The number of nitrogens with zero attached hydrogens (tertiary/aromatic N) is 4. The van der Waals surface area contributed by atoms with E-state index in [0.717, 1.165) is 11.3 Å². The van der Waals surface area contributed by atoms with Crippen LogP contribution in [0.2, 0.25) is 0 Å². The van der Waals surface area contributed by atoms with Crippen molar-refractivity contribution in [3.8, 4) is 17.2 Å². The topological polar surface area (TPSA) is 100 Å². The fourth-order valence-corrected chi connectivity index (χ4v) is 3.34. The van der Waals surface area contributed by atoms with E-state index in [2.05, 4.69) is 15.4 Å². The van der Waals surface area contributed by atoms with Gasteiger partial charge in [-0.15, -0.1) is 0 Å². The molecule has 0 saturated carbocycles. The maximum atomic E-state index is 12.9. The summed E-state index contributed by atoms with van der Waals surface area (Å²) in [4.78, 5) is 29.7. The molecule has 0 saturated heterocycles. The standard InChI is InChI=1S/C23H23N5O4/c1-15-4-7-17(8-5-15)28-22-18(13-25-28)23(30)27(14-24-22)11-10-21(29)26-16-6-9-19(31-2)20(12-16)32-3/h4-9,12-14H,10-11H2,1-3H3,(H,26,29). The highest BCUT2D eigenvalue weighted by molar-refractivity contribution is 5.91. The number of hydrogen-bond acceptors (Lipinski definition) is 6. The molecule has 0 spiro atoms. The number of benzene rings is 2. The maximum Gasteiger partial charge on any atom is 0.264 e. The number of amides is 1. The first-order valence-electron chi connectivity index (χ1n) is 10.0. The first-order chi connectivity index (χ1) is 15.5. The van der Waals surface area contributed by atoms with Crippen LogP contribution in [0.1, 0.15) is 12.0 Å². The molecule has 1 amide bonds. The van der Waals surface area contributed by atoms with Gasteiger partial charge in [-0.2, -0.15) is 5.10 Å². The third-order valence-corrected chi connectivity index (χ3v) is 5.08. The highest BCUT2D eigenvalue weighted by Crippen LogP contribution is 2.29. The Kier molecular flexibility index (Phi) is 5.89. The summed E-state index contributed by atoms with van der Waals surface area (Å²) < 4.78 is 13.5. The minimum atomic E-state index is -0.243. The molecule has 2 heterocycles. The highest BCUT2D eigenvalue weighted by Gasteiger charge is 2.13. The molecule has 0 unspecified atom stereocenters. The average Bonchev–Trinajstić information content (AvgIpc) is 3.24. The smallest absolute Gasteiger partial charge is 0.264 e. The molecule has 0 aliphatic heterocycles. The fourth-order valence-electron chi connectivity index (χ4n) is 3.34. The fraction of sp³-hybridized carbons (Fsp3) is 0.217. The first kappa shape index (κ1) is 21.1. The molecule has 0 radical (unpaired) electrons. The van der Waals surface area contributed by atoms with Gasteiger partial charge in [-0.25, -0.2) is 9.67 Å². The van der Waals surface area contributed by atoms with Gasteiger partial charge >= 0.3 is 0 Å². The number of aromatic nitrogens is 4. The van der Waals surface area contributed by atoms with Gasteiger partial charge < -0.3 is 14.8 Å². The van der Waals surface area contributed by atoms with Gasteiger partial charge in [0.15, 0.2) is 17.1 Å². The van der Waals surface area contributed by atoms with Gasteiger partial charge in [-0.3, -0.25) is 14.2 Å². The molecule has 9 nitrogen and oxygen atoms in total. The summed E-state index contributed by atoms with van der Waals surface area (Å²) in [6, 6.07) is 12.9. The summed E-state index contributed by atoms with van der Waals surface area (Å²) in [7, 11) is 3.07. The number of carbonyl (C=O) groups is 1. The van der Waals surface area contributed by atoms with Crippen molar-refractivity contribution in [2.75, 3.05) is 19.5 Å². The van der Waals surface area contributed by atoms with E-state index in [1.165, 1.54) is 24.2 Å². The van der Waals surface area contributed by atoms with E-state index >= 15 is 0 Å². The van der Waals surface area contributed by atoms with Gasteiger partial charge in [0.2, 0.25) is 5.91 Å². The van der Waals surface area contributed by atoms with E-state index in [0.29, 0.717) is 28.2 Å². The van der Waals surface area contributed by atoms with E-state index in [1.807, 2.05) is 31.2 Å². The number of carbonyl (C=O) groups excluding carboxylic acids is 1. The summed E-state index contributed by atoms with van der Waals surface area (Å²) in [5.74, 6) is 0.851. The number of nitrogens with one attached hydrogen (secondary N) is 1. The molecule has 1 N–H and O–H groups in total. The average molecular weight is 433 g/mol. The predicted octanol–water partition coefficient (Wildman–Crippen LogP) is 2.94. The van der Waals surface area contributed by atoms with E-state index < -0.39 is 0 Å². The van der Waals surface area contributed by atoms with Crippen molar-refractivity contribution < 1.29 is 14.3 Å². The van der Waals surface area contributed by atoms with Crippen LogP contribution in [0.5, 0.6) is 11.5 Å². The van der Waals surface area contributed by atoms with E-state index in [9.17, 15) is 9.59 Å². The van der Waals surface area contributed by atoms with Crippen molar-refractivity contribution in [2.24, 2.45) is 0 Å². The van der Waals surface area contributed by atoms with E-state index in [1.54, 1.807) is 30.0 Å². The van der Waals surface area contributed by atoms with Gasteiger partial charge in [0, 0.05) is 24.7 Å². The van der Waals surface area contributed by atoms with Crippen LogP contribution in [0.15, 0.2) is 59.8 Å². The number of rotatable bonds is 7. The molecule has 0 aliphatic carbocycles. The zero-order valence-electron chi connectivity index (χ0n) is 18.0. The van der Waals surface area contributed by atoms with Crippen LogP contribution in [-0.4, -0.2) is 39.5 Å². The second-order valence-corrected chi connectivity index (χ2v) is 7.24. The van der Waals surface area contributed by atoms with Crippen LogP contribution in [0.3, 0.4) is 0 Å². The van der Waals surface area contributed by atoms with Crippen molar-refractivity contribution in [3.05, 3.63) is 70.9 Å². The lowest BCUT2D eigenvalue weighted by Gasteiger charge is -2.11. The van der Waals surface area contributed by atoms with Gasteiger partial charge in [0.05, 0.1) is 32.4 Å². The third-order valence-electron chi connectivity index (χ3n) is 5.08. The molecule has 0 fully saturated rings. The molecule has 0 aliphatic rings. The minimum absolute atomic E-state index is 0.105. The Morgan fingerprint density at radius 3 is 2.53 bits per heavy atom. The summed E-state index contributed by atoms with van der Waals surface area (Å²) in [5.41, 5.74) is 2.77. The quantitative estimate of drug-likeness (QED) is 0.481. The number of ether oxygens (including phenoxy) is 2. The molecule has 0 bridgehead atoms. The van der Waals surface area contributed by atoms with Crippen LogP contribution in [0.4, 0.5) is 5.69 Å². The second kappa shape index (κ2) is 8.93. The number of hydrogen-bond donors (Lipinski definition) is 1. The molecule has 164 valence electrons. The number of methoxy groups -OCH3 is 2. The summed E-state index contributed by atoms with van der Waals surface area (Å²) in [6.45, 7) is 2.19. The van der Waals surface area contributed by atoms with Crippen LogP contribution in [0, 0.1) is 6.92 Å². The molecule has 4 aromatic rings. The summed E-state index contributed by atoms with van der Waals surface area (Å²) in [5, 5.41) is 7.51. The lowest BCUT2D eigenvalue weighted by molar-refractivity contribution is -0.116. The van der Waals surface area contributed by atoms with Crippen molar-refractivity contribution in [1.29, 1.82) is 0 Å². The molecule has 2 aromatic heterocycles. The number of anilines is 1. The number of fused-ring (bicyclic) bond motifs is 1. The first-order valence-corrected chi connectivity index (χ1v) is 10.0. The molecule has 0 atom stereocenters. The van der Waals surface area contributed by atoms with Crippen molar-refractivity contribution in [1.82, 2.24) is 19.3 Å². The SMILES string of the molecule is COc1ccc(NC(=O)CCn2cnc3c(cnn3-c3ccc(C)cc3)c2=O)cc1OC. The maximum absolute atomic E-state index is 12.9. The van der Waals surface area contributed by atoms with Gasteiger partial charge in [-0.1, -0.05) is 17.7 Å². The van der Waals surface area contributed by atoms with Crippen molar-refractivity contribution >= 4 is 22.6 Å². The molecule has 4 rings (SSSR count). The van der Waals surface area contributed by atoms with Crippen molar-refractivity contribution in [2.45, 2.75) is 19.9 Å². The van der Waals surface area contributed by atoms with Crippen LogP contribution < -0.4 is 20.3 Å². The Morgan fingerprint density at radius 2 is 1.81 bits per heavy atom. The Morgan fingerprint density at radius 1 is 1.06 bits per heavy atom. The molecule has 9 heteroatoms. The lowest BCUT2D eigenvalue weighted by Crippen LogP contribution is -2.23. The monoisotopic (exact) mass is 433 g/mol.